The van der Waals surface area contributed by atoms with Crippen molar-refractivity contribution in [1.29, 1.82) is 0 Å². The summed E-state index contributed by atoms with van der Waals surface area (Å²) in [5.41, 5.74) is 5.14. The number of imidazole rings is 1. The molecule has 2 N–H and O–H groups in total. The van der Waals surface area contributed by atoms with Crippen LogP contribution in [0.15, 0.2) is 89.0 Å². The monoisotopic (exact) mass is 436 g/mol. The molecule has 1 aliphatic heterocycles. The molecule has 2 aromatic carbocycles. The van der Waals surface area contributed by atoms with Crippen molar-refractivity contribution in [1.82, 2.24) is 19.5 Å². The van der Waals surface area contributed by atoms with Gasteiger partial charge < -0.3 is 19.4 Å². The van der Waals surface area contributed by atoms with E-state index in [1.54, 1.807) is 18.5 Å². The fraction of sp³-hybridized carbons (Fsp3) is 0.0400. The number of aromatic amines is 2. The zero-order valence-electron chi connectivity index (χ0n) is 17.3. The van der Waals surface area contributed by atoms with E-state index in [0.717, 1.165) is 22.6 Å². The van der Waals surface area contributed by atoms with Crippen LogP contribution in [0.5, 0.6) is 0 Å². The van der Waals surface area contributed by atoms with Gasteiger partial charge in [-0.25, -0.2) is 9.18 Å². The topological polar surface area (TPSA) is 82.1 Å². The summed E-state index contributed by atoms with van der Waals surface area (Å²) in [6.07, 6.45) is 5.37. The van der Waals surface area contributed by atoms with Gasteiger partial charge in [-0.15, -0.1) is 0 Å². The van der Waals surface area contributed by atoms with E-state index in [2.05, 4.69) is 25.8 Å². The van der Waals surface area contributed by atoms with Crippen LogP contribution in [0.4, 0.5) is 21.5 Å². The first-order chi connectivity index (χ1) is 16.2. The highest BCUT2D eigenvalue weighted by Crippen LogP contribution is 2.41. The van der Waals surface area contributed by atoms with Crippen LogP contribution >= 0.6 is 0 Å². The molecule has 3 aromatic heterocycles. The lowest BCUT2D eigenvalue weighted by Crippen LogP contribution is -2.12. The Balaban J connectivity index is 1.44. The highest BCUT2D eigenvalue weighted by atomic mass is 19.1. The predicted molar refractivity (Wildman–Crippen MR) is 126 cm³/mol. The van der Waals surface area contributed by atoms with Crippen LogP contribution in [-0.4, -0.2) is 25.4 Å². The number of aromatic nitrogens is 4. The van der Waals surface area contributed by atoms with E-state index in [0.29, 0.717) is 23.3 Å². The van der Waals surface area contributed by atoms with Crippen molar-refractivity contribution in [2.24, 2.45) is 4.99 Å². The zero-order valence-corrected chi connectivity index (χ0v) is 17.3. The fourth-order valence-electron chi connectivity index (χ4n) is 4.11. The summed E-state index contributed by atoms with van der Waals surface area (Å²) in [5, 5.41) is 0. The van der Waals surface area contributed by atoms with E-state index in [4.69, 9.17) is 0 Å². The lowest BCUT2D eigenvalue weighted by molar-refractivity contribution is 0.630. The third-order valence-corrected chi connectivity index (χ3v) is 5.63. The molecular weight excluding hydrogens is 419 g/mol. The summed E-state index contributed by atoms with van der Waals surface area (Å²) >= 11 is 0. The molecular formula is C25H17FN6O. The highest BCUT2D eigenvalue weighted by molar-refractivity contribution is 5.90. The standard InChI is InChI=1S/C25H17FN6O/c26-19-12-16(22-5-3-10-31(22)15-17-4-1-2-8-27-17)13-23-24(19)28-9-11-32(23)18-6-7-20-21(14-18)30-25(33)29-20/h1-8,10-14H,15H2,(H2,29,30,33). The first-order valence-corrected chi connectivity index (χ1v) is 10.4. The average molecular weight is 436 g/mol. The van der Waals surface area contributed by atoms with Gasteiger partial charge in [0, 0.05) is 35.2 Å². The molecule has 0 amide bonds. The van der Waals surface area contributed by atoms with E-state index in [1.165, 1.54) is 6.07 Å². The van der Waals surface area contributed by atoms with Gasteiger partial charge in [0.15, 0.2) is 5.82 Å². The molecule has 0 bridgehead atoms. The molecule has 7 nitrogen and oxygen atoms in total. The van der Waals surface area contributed by atoms with Crippen molar-refractivity contribution in [3.63, 3.8) is 0 Å². The largest absolute Gasteiger partial charge is 0.341 e. The second kappa shape index (κ2) is 7.47. The summed E-state index contributed by atoms with van der Waals surface area (Å²) in [6.45, 7) is 0.571. The normalized spacial score (nSPS) is 12.5. The number of hydrogen-bond donors (Lipinski definition) is 2. The summed E-state index contributed by atoms with van der Waals surface area (Å²) < 4.78 is 17.2. The molecule has 1 aliphatic rings. The molecule has 33 heavy (non-hydrogen) atoms. The van der Waals surface area contributed by atoms with Crippen LogP contribution in [0.25, 0.3) is 22.3 Å². The van der Waals surface area contributed by atoms with Gasteiger partial charge in [-0.2, -0.15) is 4.99 Å². The molecule has 0 spiro atoms. The van der Waals surface area contributed by atoms with Gasteiger partial charge in [-0.1, -0.05) is 6.07 Å². The van der Waals surface area contributed by atoms with Crippen molar-refractivity contribution < 1.29 is 4.39 Å². The molecule has 0 atom stereocenters. The third kappa shape index (κ3) is 3.35. The third-order valence-electron chi connectivity index (χ3n) is 5.63. The molecule has 0 unspecified atom stereocenters. The van der Waals surface area contributed by atoms with Crippen molar-refractivity contribution >= 4 is 34.0 Å². The minimum Gasteiger partial charge on any atom is -0.341 e. The van der Waals surface area contributed by atoms with Crippen molar-refractivity contribution in [2.45, 2.75) is 6.54 Å². The number of aliphatic imine (C=N–C) groups is 1. The number of benzene rings is 2. The first-order valence-electron chi connectivity index (χ1n) is 10.4. The maximum Gasteiger partial charge on any atom is 0.323 e. The summed E-state index contributed by atoms with van der Waals surface area (Å²) in [7, 11) is 0. The van der Waals surface area contributed by atoms with Gasteiger partial charge in [0.1, 0.15) is 5.69 Å². The molecule has 0 fully saturated rings. The molecule has 6 rings (SSSR count). The SMILES string of the molecule is O=c1[nH]c2ccc(N3C=C=Nc4c(F)cc(-c5cccn5Cc5ccccn5)cc43)cc2[nH]1. The van der Waals surface area contributed by atoms with E-state index in [9.17, 15) is 4.79 Å². The predicted octanol–water partition coefficient (Wildman–Crippen LogP) is 4.87. The molecule has 0 aliphatic carbocycles. The van der Waals surface area contributed by atoms with Crippen molar-refractivity contribution in [2.75, 3.05) is 4.90 Å². The van der Waals surface area contributed by atoms with E-state index < -0.39 is 5.82 Å². The molecule has 5 aromatic rings. The Morgan fingerprint density at radius 2 is 1.91 bits per heavy atom. The van der Waals surface area contributed by atoms with Crippen LogP contribution in [0.1, 0.15) is 5.69 Å². The van der Waals surface area contributed by atoms with E-state index in [1.807, 2.05) is 64.2 Å². The van der Waals surface area contributed by atoms with Gasteiger partial charge in [0.25, 0.3) is 0 Å². The first kappa shape index (κ1) is 19.0. The number of rotatable bonds is 4. The van der Waals surface area contributed by atoms with Crippen molar-refractivity contribution in [3.05, 3.63) is 101 Å². The van der Waals surface area contributed by atoms with Crippen molar-refractivity contribution in [3.8, 4) is 11.3 Å². The Hall–Kier alpha value is -4.68. The van der Waals surface area contributed by atoms with Gasteiger partial charge in [-0.3, -0.25) is 4.98 Å². The Morgan fingerprint density at radius 3 is 2.79 bits per heavy atom. The molecule has 8 heteroatoms. The molecule has 0 saturated heterocycles. The van der Waals surface area contributed by atoms with Gasteiger partial charge >= 0.3 is 5.69 Å². The number of hydrogen-bond acceptors (Lipinski definition) is 4. The Labute approximate surface area is 187 Å². The second-order valence-electron chi connectivity index (χ2n) is 7.72. The number of nitrogens with one attached hydrogen (secondary N) is 2. The molecule has 160 valence electrons. The van der Waals surface area contributed by atoms with E-state index >= 15 is 4.39 Å². The molecule has 4 heterocycles. The van der Waals surface area contributed by atoms with Gasteiger partial charge in [0.2, 0.25) is 0 Å². The van der Waals surface area contributed by atoms with Gasteiger partial charge in [0.05, 0.1) is 35.2 Å². The quantitative estimate of drug-likeness (QED) is 0.422. The summed E-state index contributed by atoms with van der Waals surface area (Å²) in [5.74, 6) is 2.34. The lowest BCUT2D eigenvalue weighted by atomic mass is 10.1. The van der Waals surface area contributed by atoms with Crippen LogP contribution in [-0.2, 0) is 6.54 Å². The zero-order chi connectivity index (χ0) is 22.4. The average Bonchev–Trinajstić information content (AvgIpc) is 3.44. The number of anilines is 2. The second-order valence-corrected chi connectivity index (χ2v) is 7.72. The number of nitrogens with zero attached hydrogens (tertiary/aromatic N) is 4. The molecule has 0 radical (unpaired) electrons. The minimum absolute atomic E-state index is 0.215. The Kier molecular flexibility index (Phi) is 4.31. The molecule has 0 saturated carbocycles. The van der Waals surface area contributed by atoms with Gasteiger partial charge in [-0.05, 0) is 54.6 Å². The number of H-pyrrole nitrogens is 2. The number of fused-ring (bicyclic) bond motifs is 2. The minimum atomic E-state index is -0.435. The smallest absolute Gasteiger partial charge is 0.323 e. The maximum absolute atomic E-state index is 15.2. The Morgan fingerprint density at radius 1 is 1.00 bits per heavy atom. The highest BCUT2D eigenvalue weighted by Gasteiger charge is 2.21. The van der Waals surface area contributed by atoms with E-state index in [-0.39, 0.29) is 11.4 Å². The fourth-order valence-corrected chi connectivity index (χ4v) is 4.11. The number of halogens is 1. The van der Waals surface area contributed by atoms with Crippen LogP contribution < -0.4 is 10.6 Å². The summed E-state index contributed by atoms with van der Waals surface area (Å²) in [6, 6.07) is 18.6. The number of pyridine rings is 1. The Bertz CT molecular complexity index is 1620. The van der Waals surface area contributed by atoms with Crippen LogP contribution in [0, 0.1) is 5.82 Å². The maximum atomic E-state index is 15.2. The lowest BCUT2D eigenvalue weighted by Gasteiger charge is -2.24. The summed E-state index contributed by atoms with van der Waals surface area (Å²) in [4.78, 5) is 27.5. The van der Waals surface area contributed by atoms with Crippen LogP contribution in [0.2, 0.25) is 0 Å². The van der Waals surface area contributed by atoms with Crippen LogP contribution in [0.3, 0.4) is 0 Å².